The highest BCUT2D eigenvalue weighted by Gasteiger charge is 2.30. The summed E-state index contributed by atoms with van der Waals surface area (Å²) in [7, 11) is 1.77. The van der Waals surface area contributed by atoms with Crippen LogP contribution in [0.15, 0.2) is 23.1 Å². The van der Waals surface area contributed by atoms with Crippen LogP contribution in [-0.4, -0.2) is 15.6 Å². The molecule has 2 aliphatic rings. The summed E-state index contributed by atoms with van der Waals surface area (Å²) in [6.45, 7) is 4.33. The van der Waals surface area contributed by atoms with Gasteiger partial charge in [-0.25, -0.2) is 0 Å². The summed E-state index contributed by atoms with van der Waals surface area (Å²) in [6, 6.07) is 1.65. The molecule has 5 heteroatoms. The molecule has 142 valence electrons. The number of hydrogen-bond acceptors (Lipinski definition) is 3. The summed E-state index contributed by atoms with van der Waals surface area (Å²) < 4.78 is 1.61. The molecule has 0 aliphatic heterocycles. The highest BCUT2D eigenvalue weighted by Crippen LogP contribution is 2.49. The molecule has 2 aliphatic carbocycles. The molecule has 1 fully saturated rings. The van der Waals surface area contributed by atoms with Crippen LogP contribution in [0.4, 0.5) is 0 Å². The first-order chi connectivity index (χ1) is 12.8. The molecular weight excluding hydrogens is 358 g/mol. The van der Waals surface area contributed by atoms with Crippen molar-refractivity contribution in [2.75, 3.05) is 0 Å². The number of carboxylic acids is 1. The average Bonchev–Trinajstić information content (AvgIpc) is 3.37. The molecule has 2 aromatic heterocycles. The molecule has 2 aromatic rings. The van der Waals surface area contributed by atoms with Crippen LogP contribution in [0.3, 0.4) is 0 Å². The number of rotatable bonds is 4. The van der Waals surface area contributed by atoms with Gasteiger partial charge in [-0.2, -0.15) is 0 Å². The third-order valence-electron chi connectivity index (χ3n) is 5.93. The third-order valence-corrected chi connectivity index (χ3v) is 7.17. The molecule has 1 saturated carbocycles. The lowest BCUT2D eigenvalue weighted by Gasteiger charge is -2.23. The van der Waals surface area contributed by atoms with E-state index in [1.54, 1.807) is 29.0 Å². The molecular formula is C22H25NO3S. The molecule has 0 aromatic carbocycles. The van der Waals surface area contributed by atoms with Crippen LogP contribution in [0, 0.1) is 19.8 Å². The monoisotopic (exact) mass is 383 g/mol. The van der Waals surface area contributed by atoms with Crippen LogP contribution >= 0.6 is 11.3 Å². The SMILES string of the molecule is Cc1sc2c(c1C)/C(CC1CC1)=C/CC(CC(=O)O)c1cc(=O)n(C)cc1-2. The number of nitrogens with zero attached hydrogens (tertiary/aromatic N) is 1. The smallest absolute Gasteiger partial charge is 0.303 e. The van der Waals surface area contributed by atoms with Gasteiger partial charge in [0.05, 0.1) is 6.42 Å². The number of aromatic nitrogens is 1. The highest BCUT2D eigenvalue weighted by atomic mass is 32.1. The Morgan fingerprint density at radius 3 is 2.74 bits per heavy atom. The van der Waals surface area contributed by atoms with E-state index >= 15 is 0 Å². The van der Waals surface area contributed by atoms with Gasteiger partial charge in [-0.1, -0.05) is 6.08 Å². The fourth-order valence-electron chi connectivity index (χ4n) is 4.11. The zero-order chi connectivity index (χ0) is 19.3. The summed E-state index contributed by atoms with van der Waals surface area (Å²) >= 11 is 1.77. The van der Waals surface area contributed by atoms with Gasteiger partial charge in [0.2, 0.25) is 0 Å². The Labute approximate surface area is 163 Å². The van der Waals surface area contributed by atoms with Gasteiger partial charge in [-0.15, -0.1) is 11.3 Å². The van der Waals surface area contributed by atoms with E-state index in [4.69, 9.17) is 0 Å². The van der Waals surface area contributed by atoms with Gasteiger partial charge in [0.15, 0.2) is 0 Å². The molecule has 2 heterocycles. The Morgan fingerprint density at radius 2 is 2.07 bits per heavy atom. The van der Waals surface area contributed by atoms with Gasteiger partial charge in [0, 0.05) is 34.6 Å². The Kier molecular flexibility index (Phi) is 4.58. The molecule has 0 amide bonds. The van der Waals surface area contributed by atoms with Gasteiger partial charge in [-0.05, 0) is 73.6 Å². The van der Waals surface area contributed by atoms with Crippen molar-refractivity contribution in [1.82, 2.24) is 4.57 Å². The lowest BCUT2D eigenvalue weighted by molar-refractivity contribution is -0.137. The first-order valence-electron chi connectivity index (χ1n) is 9.57. The van der Waals surface area contributed by atoms with E-state index in [-0.39, 0.29) is 17.9 Å². The van der Waals surface area contributed by atoms with Crippen LogP contribution in [0.1, 0.15) is 59.6 Å². The van der Waals surface area contributed by atoms with E-state index in [9.17, 15) is 14.7 Å². The zero-order valence-corrected chi connectivity index (χ0v) is 16.9. The van der Waals surface area contributed by atoms with E-state index < -0.39 is 5.97 Å². The Morgan fingerprint density at radius 1 is 1.33 bits per heavy atom. The predicted molar refractivity (Wildman–Crippen MR) is 109 cm³/mol. The van der Waals surface area contributed by atoms with Crippen LogP contribution in [-0.2, 0) is 11.8 Å². The van der Waals surface area contributed by atoms with Crippen molar-refractivity contribution in [2.24, 2.45) is 13.0 Å². The Balaban J connectivity index is 1.96. The van der Waals surface area contributed by atoms with E-state index in [2.05, 4.69) is 19.9 Å². The van der Waals surface area contributed by atoms with Gasteiger partial charge < -0.3 is 9.67 Å². The minimum Gasteiger partial charge on any atom is -0.481 e. The minimum absolute atomic E-state index is 0.0477. The second-order valence-electron chi connectivity index (χ2n) is 7.99. The first-order valence-corrected chi connectivity index (χ1v) is 10.4. The van der Waals surface area contributed by atoms with Gasteiger partial charge >= 0.3 is 5.97 Å². The maximum Gasteiger partial charge on any atom is 0.303 e. The molecule has 1 N–H and O–H groups in total. The maximum absolute atomic E-state index is 12.3. The van der Waals surface area contributed by atoms with E-state index in [0.717, 1.165) is 23.5 Å². The van der Waals surface area contributed by atoms with Crippen LogP contribution in [0.2, 0.25) is 0 Å². The average molecular weight is 384 g/mol. The summed E-state index contributed by atoms with van der Waals surface area (Å²) in [5.74, 6) is -0.222. The van der Waals surface area contributed by atoms with Crippen molar-refractivity contribution >= 4 is 22.9 Å². The number of thiophene rings is 1. The molecule has 0 saturated heterocycles. The number of carboxylic acid groups (broad SMARTS) is 1. The number of pyridine rings is 1. The summed E-state index contributed by atoms with van der Waals surface area (Å²) in [6.07, 6.45) is 8.53. The zero-order valence-electron chi connectivity index (χ0n) is 16.0. The molecule has 4 nitrogen and oxygen atoms in total. The van der Waals surface area contributed by atoms with E-state index in [1.165, 1.54) is 39.3 Å². The van der Waals surface area contributed by atoms with Crippen molar-refractivity contribution in [3.8, 4) is 10.4 Å². The first kappa shape index (κ1) is 18.2. The topological polar surface area (TPSA) is 59.3 Å². The normalized spacial score (nSPS) is 20.9. The van der Waals surface area contributed by atoms with Crippen LogP contribution < -0.4 is 5.56 Å². The highest BCUT2D eigenvalue weighted by molar-refractivity contribution is 7.16. The Hall–Kier alpha value is -2.14. The van der Waals surface area contributed by atoms with Crippen molar-refractivity contribution in [3.05, 3.63) is 50.3 Å². The van der Waals surface area contributed by atoms with Crippen LogP contribution in [0.5, 0.6) is 0 Å². The third kappa shape index (κ3) is 3.41. The number of hydrogen-bond donors (Lipinski definition) is 1. The molecule has 4 rings (SSSR count). The van der Waals surface area contributed by atoms with E-state index in [0.29, 0.717) is 6.42 Å². The largest absolute Gasteiger partial charge is 0.481 e. The molecule has 27 heavy (non-hydrogen) atoms. The quantitative estimate of drug-likeness (QED) is 0.819. The van der Waals surface area contributed by atoms with Crippen LogP contribution in [0.25, 0.3) is 16.0 Å². The van der Waals surface area contributed by atoms with Crippen molar-refractivity contribution in [2.45, 2.75) is 51.9 Å². The molecule has 0 bridgehead atoms. The molecule has 1 atom stereocenters. The maximum atomic E-state index is 12.3. The number of fused-ring (bicyclic) bond motifs is 3. The van der Waals surface area contributed by atoms with Crippen molar-refractivity contribution in [3.63, 3.8) is 0 Å². The van der Waals surface area contributed by atoms with Crippen molar-refractivity contribution < 1.29 is 9.90 Å². The molecule has 0 radical (unpaired) electrons. The molecule has 0 spiro atoms. The fourth-order valence-corrected chi connectivity index (χ4v) is 5.34. The second kappa shape index (κ2) is 6.79. The molecule has 1 unspecified atom stereocenters. The van der Waals surface area contributed by atoms with E-state index in [1.807, 2.05) is 6.20 Å². The van der Waals surface area contributed by atoms with Gasteiger partial charge in [0.25, 0.3) is 5.56 Å². The summed E-state index contributed by atoms with van der Waals surface area (Å²) in [5.41, 5.74) is 5.82. The van der Waals surface area contributed by atoms with Gasteiger partial charge in [-0.3, -0.25) is 9.59 Å². The van der Waals surface area contributed by atoms with Crippen molar-refractivity contribution in [1.29, 1.82) is 0 Å². The summed E-state index contributed by atoms with van der Waals surface area (Å²) in [5, 5.41) is 9.44. The summed E-state index contributed by atoms with van der Waals surface area (Å²) in [4.78, 5) is 26.3. The van der Waals surface area contributed by atoms with Gasteiger partial charge in [0.1, 0.15) is 0 Å². The Bertz CT molecular complexity index is 1010. The second-order valence-corrected chi connectivity index (χ2v) is 9.21. The number of aliphatic carboxylic acids is 1. The lowest BCUT2D eigenvalue weighted by atomic mass is 9.83. The predicted octanol–water partition coefficient (Wildman–Crippen LogP) is 4.88. The number of carbonyl (C=O) groups is 1. The fraction of sp³-hybridized carbons (Fsp3) is 0.455. The number of aryl methyl sites for hydroxylation is 2. The number of allylic oxidation sites excluding steroid dienone is 2. The lowest BCUT2D eigenvalue weighted by Crippen LogP contribution is -2.19. The minimum atomic E-state index is -0.817. The standard InChI is InChI=1S/C22H25NO3S/c1-12-13(2)27-22-18-11-23(3)19(24)10-17(18)15(9-20(25)26)6-7-16(21(12)22)8-14-4-5-14/h7,10-11,14-15H,4-6,8-9H2,1-3H3,(H,25,26)/b16-7+.